The Balaban J connectivity index is -0.00000105. The fourth-order valence-corrected chi connectivity index (χ4v) is 3.49. The van der Waals surface area contributed by atoms with E-state index < -0.39 is 10.1 Å². The third-order valence-electron chi connectivity index (χ3n) is 5.64. The van der Waals surface area contributed by atoms with E-state index in [9.17, 15) is 13.0 Å². The number of unbranched alkanes of at least 4 members (excludes halogenated alkanes) is 18. The topological polar surface area (TPSA) is 66.4 Å². The molecule has 4 nitrogen and oxygen atoms in total. The number of hydrogen-bond donors (Lipinski definition) is 0. The van der Waals surface area contributed by atoms with Crippen LogP contribution in [0.1, 0.15) is 149 Å². The van der Waals surface area contributed by atoms with Crippen LogP contribution in [0, 0.1) is 0 Å². The summed E-state index contributed by atoms with van der Waals surface area (Å²) >= 11 is 0. The van der Waals surface area contributed by atoms with Crippen molar-refractivity contribution < 1.29 is 47.3 Å². The van der Waals surface area contributed by atoms with Gasteiger partial charge < -0.3 is 9.29 Å². The minimum atomic E-state index is -3.91. The van der Waals surface area contributed by atoms with Crippen LogP contribution in [-0.4, -0.2) is 31.9 Å². The second kappa shape index (κ2) is 31.9. The molecule has 0 saturated carbocycles. The van der Waals surface area contributed by atoms with E-state index in [0.29, 0.717) is 0 Å². The van der Waals surface area contributed by atoms with E-state index in [-0.39, 0.29) is 35.3 Å². The zero-order valence-electron chi connectivity index (χ0n) is 22.3. The molecule has 0 radical (unpaired) electrons. The van der Waals surface area contributed by atoms with E-state index in [2.05, 4.69) is 13.8 Å². The van der Waals surface area contributed by atoms with Gasteiger partial charge in [-0.25, -0.2) is 8.42 Å². The van der Waals surface area contributed by atoms with Crippen LogP contribution in [0.15, 0.2) is 0 Å². The van der Waals surface area contributed by atoms with Crippen molar-refractivity contribution in [3.05, 3.63) is 0 Å². The van der Waals surface area contributed by atoms with Crippen molar-refractivity contribution >= 4 is 10.1 Å². The van der Waals surface area contributed by atoms with E-state index in [4.69, 9.17) is 4.74 Å². The summed E-state index contributed by atoms with van der Waals surface area (Å²) in [5.74, 6) is -0.312. The van der Waals surface area contributed by atoms with E-state index in [1.165, 1.54) is 135 Å². The largest absolute Gasteiger partial charge is 1.00 e. The van der Waals surface area contributed by atoms with E-state index >= 15 is 0 Å². The number of hydrogen-bond acceptors (Lipinski definition) is 4. The van der Waals surface area contributed by atoms with Crippen molar-refractivity contribution in [1.29, 1.82) is 0 Å². The first kappa shape index (κ1) is 37.4. The Morgan fingerprint density at radius 2 is 0.719 bits per heavy atom. The van der Waals surface area contributed by atoms with Crippen LogP contribution in [0.5, 0.6) is 0 Å². The van der Waals surface area contributed by atoms with Gasteiger partial charge in [0.1, 0.15) is 0 Å². The molecule has 0 aromatic heterocycles. The van der Waals surface area contributed by atoms with Crippen LogP contribution in [-0.2, 0) is 14.9 Å². The zero-order valence-corrected chi connectivity index (χ0v) is 25.1. The SMILES string of the molecule is CCCCCCCCCCCCOCCCCCCCCCCCC.CCS(=O)(=O)[O-].[Na+]. The third-order valence-corrected chi connectivity index (χ3v) is 6.35. The van der Waals surface area contributed by atoms with Gasteiger partial charge in [-0.3, -0.25) is 0 Å². The van der Waals surface area contributed by atoms with Crippen LogP contribution in [0.4, 0.5) is 0 Å². The minimum absolute atomic E-state index is 0. The monoisotopic (exact) mass is 486 g/mol. The Bertz CT molecular complexity index is 394. The van der Waals surface area contributed by atoms with Crippen molar-refractivity contribution in [2.75, 3.05) is 19.0 Å². The summed E-state index contributed by atoms with van der Waals surface area (Å²) in [5.41, 5.74) is 0. The molecular weight excluding hydrogens is 431 g/mol. The Morgan fingerprint density at radius 1 is 0.500 bits per heavy atom. The molecule has 0 atom stereocenters. The maximum atomic E-state index is 9.44. The molecule has 0 N–H and O–H groups in total. The minimum Gasteiger partial charge on any atom is -0.748 e. The predicted octanol–water partition coefficient (Wildman–Crippen LogP) is 5.40. The third kappa shape index (κ3) is 41.2. The summed E-state index contributed by atoms with van der Waals surface area (Å²) in [6.07, 6.45) is 28.2. The van der Waals surface area contributed by atoms with Gasteiger partial charge >= 0.3 is 29.6 Å². The zero-order chi connectivity index (χ0) is 23.5. The molecule has 6 heteroatoms. The summed E-state index contributed by atoms with van der Waals surface area (Å²) in [5, 5.41) is 0. The van der Waals surface area contributed by atoms with Crippen LogP contribution in [0.25, 0.3) is 0 Å². The molecule has 32 heavy (non-hydrogen) atoms. The van der Waals surface area contributed by atoms with Gasteiger partial charge in [-0.2, -0.15) is 0 Å². The van der Waals surface area contributed by atoms with Crippen LogP contribution >= 0.6 is 0 Å². The molecule has 0 amide bonds. The van der Waals surface area contributed by atoms with Gasteiger partial charge in [0.15, 0.2) is 0 Å². The van der Waals surface area contributed by atoms with Crippen molar-refractivity contribution in [3.63, 3.8) is 0 Å². The summed E-state index contributed by atoms with van der Waals surface area (Å²) in [6.45, 7) is 7.88. The van der Waals surface area contributed by atoms with Crippen LogP contribution < -0.4 is 29.6 Å². The molecule has 0 bridgehead atoms. The smallest absolute Gasteiger partial charge is 0.748 e. The Labute approximate surface area is 224 Å². The molecule has 0 fully saturated rings. The molecule has 0 unspecified atom stereocenters. The normalized spacial score (nSPS) is 11.0. The molecule has 0 heterocycles. The fourth-order valence-electron chi connectivity index (χ4n) is 3.49. The average Bonchev–Trinajstić information content (AvgIpc) is 2.75. The predicted molar refractivity (Wildman–Crippen MR) is 135 cm³/mol. The van der Waals surface area contributed by atoms with E-state index in [1.807, 2.05) is 0 Å². The van der Waals surface area contributed by atoms with Crippen LogP contribution in [0.3, 0.4) is 0 Å². The van der Waals surface area contributed by atoms with Gasteiger partial charge in [0.2, 0.25) is 0 Å². The molecule has 0 aliphatic rings. The quantitative estimate of drug-likeness (QED) is 0.110. The van der Waals surface area contributed by atoms with E-state index in [0.717, 1.165) is 13.2 Å². The first-order valence-corrected chi connectivity index (χ1v) is 15.1. The standard InChI is InChI=1S/C24H50O.C2H6O3S.Na/c1-3-5-7-9-11-13-15-17-19-21-23-25-24-22-20-18-16-14-12-10-8-6-4-2;1-2-6(3,4)5;/h3-24H2,1-2H3;2H2,1H3,(H,3,4,5);/q;;+1/p-1. The summed E-state index contributed by atoms with van der Waals surface area (Å²) in [4.78, 5) is 0. The Hall–Kier alpha value is 0.870. The molecule has 0 saturated heterocycles. The van der Waals surface area contributed by atoms with Gasteiger partial charge in [0.25, 0.3) is 0 Å². The second-order valence-corrected chi connectivity index (χ2v) is 10.5. The van der Waals surface area contributed by atoms with Crippen molar-refractivity contribution in [1.82, 2.24) is 0 Å². The maximum Gasteiger partial charge on any atom is 1.00 e. The van der Waals surface area contributed by atoms with Gasteiger partial charge in [-0.1, -0.05) is 136 Å². The van der Waals surface area contributed by atoms with Gasteiger partial charge in [0.05, 0.1) is 10.1 Å². The summed E-state index contributed by atoms with van der Waals surface area (Å²) < 4.78 is 34.1. The second-order valence-electron chi connectivity index (χ2n) is 8.82. The molecule has 0 aromatic carbocycles. The molecule has 0 spiro atoms. The Kier molecular flexibility index (Phi) is 37.3. The van der Waals surface area contributed by atoms with Gasteiger partial charge in [-0.15, -0.1) is 0 Å². The molecule has 190 valence electrons. The fraction of sp³-hybridized carbons (Fsp3) is 1.00. The van der Waals surface area contributed by atoms with Crippen molar-refractivity contribution in [3.8, 4) is 0 Å². The van der Waals surface area contributed by atoms with E-state index in [1.54, 1.807) is 0 Å². The van der Waals surface area contributed by atoms with Gasteiger partial charge in [-0.05, 0) is 12.8 Å². The first-order valence-electron chi connectivity index (χ1n) is 13.5. The summed E-state index contributed by atoms with van der Waals surface area (Å²) in [6, 6.07) is 0. The van der Waals surface area contributed by atoms with Crippen molar-refractivity contribution in [2.45, 2.75) is 149 Å². The maximum absolute atomic E-state index is 9.44. The van der Waals surface area contributed by atoms with Gasteiger partial charge in [0, 0.05) is 19.0 Å². The summed E-state index contributed by atoms with van der Waals surface area (Å²) in [7, 11) is -3.91. The van der Waals surface area contributed by atoms with Crippen LogP contribution in [0.2, 0.25) is 0 Å². The molecule has 0 aliphatic heterocycles. The molecule has 0 aliphatic carbocycles. The molecular formula is C26H55NaO4S. The Morgan fingerprint density at radius 3 is 0.938 bits per heavy atom. The molecule has 0 rings (SSSR count). The number of ether oxygens (including phenoxy) is 1. The number of rotatable bonds is 23. The van der Waals surface area contributed by atoms with Crippen molar-refractivity contribution in [2.24, 2.45) is 0 Å². The average molecular weight is 487 g/mol. The molecule has 0 aromatic rings. The first-order chi connectivity index (χ1) is 15.0.